The standard InChI is InChI=1S/C24H30ClN3O6S/c1-4-5-12-26-24(30)17(2)27(14-18-6-8-19(25)9-7-18)23(29)15-28(35(3,31)32)20-10-11-21-22(13-20)34-16-33-21/h6-11,13,17H,4-5,12,14-16H2,1-3H3,(H,26,30)/t17-/m1/s1. The molecule has 1 aliphatic rings. The van der Waals surface area contributed by atoms with Crippen molar-refractivity contribution in [3.8, 4) is 11.5 Å². The second-order valence-electron chi connectivity index (χ2n) is 8.28. The molecule has 2 aromatic carbocycles. The van der Waals surface area contributed by atoms with E-state index in [1.807, 2.05) is 6.92 Å². The number of rotatable bonds is 11. The molecule has 1 heterocycles. The van der Waals surface area contributed by atoms with Crippen LogP contribution in [0, 0.1) is 0 Å². The van der Waals surface area contributed by atoms with Crippen molar-refractivity contribution in [2.75, 3.05) is 30.4 Å². The molecular weight excluding hydrogens is 494 g/mol. The Morgan fingerprint density at radius 1 is 1.11 bits per heavy atom. The van der Waals surface area contributed by atoms with E-state index in [2.05, 4.69) is 5.32 Å². The van der Waals surface area contributed by atoms with Crippen molar-refractivity contribution in [3.63, 3.8) is 0 Å². The van der Waals surface area contributed by atoms with Gasteiger partial charge in [0, 0.05) is 24.2 Å². The van der Waals surface area contributed by atoms with Gasteiger partial charge in [-0.1, -0.05) is 37.1 Å². The molecular formula is C24H30ClN3O6S. The molecule has 0 bridgehead atoms. The SMILES string of the molecule is CCCCNC(=O)[C@@H](C)N(Cc1ccc(Cl)cc1)C(=O)CN(c1ccc2c(c1)OCO2)S(C)(=O)=O. The maximum atomic E-state index is 13.5. The van der Waals surface area contributed by atoms with Crippen LogP contribution in [-0.2, 0) is 26.2 Å². The zero-order chi connectivity index (χ0) is 25.6. The highest BCUT2D eigenvalue weighted by molar-refractivity contribution is 7.92. The van der Waals surface area contributed by atoms with Crippen LogP contribution in [0.15, 0.2) is 42.5 Å². The maximum Gasteiger partial charge on any atom is 0.244 e. The summed E-state index contributed by atoms with van der Waals surface area (Å²) in [6.07, 6.45) is 2.76. The number of benzene rings is 2. The molecule has 0 aliphatic carbocycles. The number of unbranched alkanes of at least 4 members (excludes halogenated alkanes) is 1. The number of amides is 2. The molecule has 9 nitrogen and oxygen atoms in total. The minimum absolute atomic E-state index is 0.0378. The van der Waals surface area contributed by atoms with Gasteiger partial charge in [-0.25, -0.2) is 8.42 Å². The Morgan fingerprint density at radius 3 is 2.46 bits per heavy atom. The summed E-state index contributed by atoms with van der Waals surface area (Å²) in [5.74, 6) is 0.0523. The van der Waals surface area contributed by atoms with E-state index in [9.17, 15) is 18.0 Å². The highest BCUT2D eigenvalue weighted by atomic mass is 35.5. The summed E-state index contributed by atoms with van der Waals surface area (Å²) in [5.41, 5.74) is 1.02. The predicted octanol–water partition coefficient (Wildman–Crippen LogP) is 3.17. The summed E-state index contributed by atoms with van der Waals surface area (Å²) in [5, 5.41) is 3.39. The number of halogens is 1. The number of carbonyl (C=O) groups excluding carboxylic acids is 2. The minimum atomic E-state index is -3.83. The number of fused-ring (bicyclic) bond motifs is 1. The first-order valence-corrected chi connectivity index (χ1v) is 13.5. The van der Waals surface area contributed by atoms with Gasteiger partial charge >= 0.3 is 0 Å². The third-order valence-electron chi connectivity index (χ3n) is 5.59. The highest BCUT2D eigenvalue weighted by Gasteiger charge is 2.30. The molecule has 0 aromatic heterocycles. The van der Waals surface area contributed by atoms with Crippen molar-refractivity contribution in [1.29, 1.82) is 0 Å². The maximum absolute atomic E-state index is 13.5. The molecule has 0 radical (unpaired) electrons. The Morgan fingerprint density at radius 2 is 1.80 bits per heavy atom. The van der Waals surface area contributed by atoms with Crippen LogP contribution in [0.2, 0.25) is 5.02 Å². The quantitative estimate of drug-likeness (QED) is 0.454. The number of carbonyl (C=O) groups is 2. The van der Waals surface area contributed by atoms with Crippen molar-refractivity contribution in [3.05, 3.63) is 53.1 Å². The van der Waals surface area contributed by atoms with E-state index in [4.69, 9.17) is 21.1 Å². The summed E-state index contributed by atoms with van der Waals surface area (Å²) in [6.45, 7) is 3.80. The summed E-state index contributed by atoms with van der Waals surface area (Å²) < 4.78 is 36.9. The van der Waals surface area contributed by atoms with Gasteiger partial charge < -0.3 is 19.7 Å². The van der Waals surface area contributed by atoms with Gasteiger partial charge in [0.05, 0.1) is 11.9 Å². The number of ether oxygens (including phenoxy) is 2. The molecule has 11 heteroatoms. The van der Waals surface area contributed by atoms with Crippen LogP contribution in [0.4, 0.5) is 5.69 Å². The molecule has 1 N–H and O–H groups in total. The fourth-order valence-electron chi connectivity index (χ4n) is 3.56. The zero-order valence-electron chi connectivity index (χ0n) is 20.0. The Balaban J connectivity index is 1.87. The van der Waals surface area contributed by atoms with E-state index in [-0.39, 0.29) is 24.9 Å². The molecule has 190 valence electrons. The molecule has 1 atom stereocenters. The van der Waals surface area contributed by atoms with E-state index in [0.29, 0.717) is 23.1 Å². The first-order chi connectivity index (χ1) is 16.6. The third-order valence-corrected chi connectivity index (χ3v) is 6.98. The lowest BCUT2D eigenvalue weighted by Crippen LogP contribution is -2.51. The smallest absolute Gasteiger partial charge is 0.244 e. The van der Waals surface area contributed by atoms with Crippen LogP contribution in [0.25, 0.3) is 0 Å². The van der Waals surface area contributed by atoms with Gasteiger partial charge in [0.2, 0.25) is 28.6 Å². The molecule has 0 unspecified atom stereocenters. The summed E-state index contributed by atoms with van der Waals surface area (Å²) in [7, 11) is -3.83. The zero-order valence-corrected chi connectivity index (χ0v) is 21.6. The molecule has 0 saturated heterocycles. The average Bonchev–Trinajstić information content (AvgIpc) is 3.29. The molecule has 1 aliphatic heterocycles. The second kappa shape index (κ2) is 11.6. The van der Waals surface area contributed by atoms with Gasteiger partial charge in [-0.2, -0.15) is 0 Å². The molecule has 35 heavy (non-hydrogen) atoms. The van der Waals surface area contributed by atoms with Gasteiger partial charge in [-0.05, 0) is 43.2 Å². The van der Waals surface area contributed by atoms with Crippen LogP contribution in [0.5, 0.6) is 11.5 Å². The van der Waals surface area contributed by atoms with E-state index in [0.717, 1.165) is 29.0 Å². The van der Waals surface area contributed by atoms with Crippen LogP contribution in [0.3, 0.4) is 0 Å². The molecule has 0 spiro atoms. The molecule has 0 saturated carbocycles. The minimum Gasteiger partial charge on any atom is -0.454 e. The summed E-state index contributed by atoms with van der Waals surface area (Å²) >= 11 is 5.98. The molecule has 2 aromatic rings. The van der Waals surface area contributed by atoms with Gasteiger partial charge in [0.25, 0.3) is 0 Å². The van der Waals surface area contributed by atoms with E-state index in [1.165, 1.54) is 11.0 Å². The lowest BCUT2D eigenvalue weighted by Gasteiger charge is -2.31. The number of nitrogens with one attached hydrogen (secondary N) is 1. The fraction of sp³-hybridized carbons (Fsp3) is 0.417. The lowest BCUT2D eigenvalue weighted by molar-refractivity contribution is -0.139. The van der Waals surface area contributed by atoms with E-state index < -0.39 is 28.5 Å². The summed E-state index contributed by atoms with van der Waals surface area (Å²) in [4.78, 5) is 27.7. The van der Waals surface area contributed by atoms with Crippen LogP contribution < -0.4 is 19.1 Å². The first-order valence-electron chi connectivity index (χ1n) is 11.3. The Hall–Kier alpha value is -2.98. The number of hydrogen-bond donors (Lipinski definition) is 1. The number of nitrogens with zero attached hydrogens (tertiary/aromatic N) is 2. The van der Waals surface area contributed by atoms with Crippen molar-refractivity contribution in [2.24, 2.45) is 0 Å². The van der Waals surface area contributed by atoms with Gasteiger partial charge in [0.15, 0.2) is 11.5 Å². The van der Waals surface area contributed by atoms with Crippen LogP contribution in [-0.4, -0.2) is 57.3 Å². The largest absolute Gasteiger partial charge is 0.454 e. The molecule has 3 rings (SSSR count). The van der Waals surface area contributed by atoms with Crippen molar-refractivity contribution >= 4 is 39.1 Å². The number of anilines is 1. The average molecular weight is 524 g/mol. The number of hydrogen-bond acceptors (Lipinski definition) is 6. The van der Waals surface area contributed by atoms with Crippen molar-refractivity contribution in [2.45, 2.75) is 39.3 Å². The fourth-order valence-corrected chi connectivity index (χ4v) is 4.53. The van der Waals surface area contributed by atoms with Gasteiger partial charge in [0.1, 0.15) is 12.6 Å². The van der Waals surface area contributed by atoms with Crippen molar-refractivity contribution < 1.29 is 27.5 Å². The van der Waals surface area contributed by atoms with E-state index >= 15 is 0 Å². The first kappa shape index (κ1) is 26.6. The monoisotopic (exact) mass is 523 g/mol. The molecule has 2 amide bonds. The Labute approximate surface area is 211 Å². The van der Waals surface area contributed by atoms with Crippen LogP contribution >= 0.6 is 11.6 Å². The third kappa shape index (κ3) is 7.02. The van der Waals surface area contributed by atoms with Crippen molar-refractivity contribution in [1.82, 2.24) is 10.2 Å². The molecule has 0 fully saturated rings. The summed E-state index contributed by atoms with van der Waals surface area (Å²) in [6, 6.07) is 10.7. The Kier molecular flexibility index (Phi) is 8.85. The van der Waals surface area contributed by atoms with Crippen LogP contribution in [0.1, 0.15) is 32.3 Å². The highest BCUT2D eigenvalue weighted by Crippen LogP contribution is 2.36. The predicted molar refractivity (Wildman–Crippen MR) is 134 cm³/mol. The number of sulfonamides is 1. The lowest BCUT2D eigenvalue weighted by atomic mass is 10.1. The topological polar surface area (TPSA) is 105 Å². The normalized spacial score (nSPS) is 13.3. The van der Waals surface area contributed by atoms with Gasteiger partial charge in [-0.3, -0.25) is 13.9 Å². The second-order valence-corrected chi connectivity index (χ2v) is 10.6. The Bertz CT molecular complexity index is 1160. The van der Waals surface area contributed by atoms with E-state index in [1.54, 1.807) is 43.3 Å². The van der Waals surface area contributed by atoms with Gasteiger partial charge in [-0.15, -0.1) is 0 Å².